The van der Waals surface area contributed by atoms with Crippen molar-refractivity contribution < 1.29 is 19.1 Å². The molecule has 0 fully saturated rings. The lowest BCUT2D eigenvalue weighted by Gasteiger charge is -2.14. The number of rotatable bonds is 6. The molecule has 0 aliphatic heterocycles. The number of halogens is 2. The van der Waals surface area contributed by atoms with Crippen LogP contribution in [0.3, 0.4) is 0 Å². The zero-order valence-corrected chi connectivity index (χ0v) is 16.2. The summed E-state index contributed by atoms with van der Waals surface area (Å²) in [6.45, 7) is 2.91. The van der Waals surface area contributed by atoms with Crippen molar-refractivity contribution in [1.82, 2.24) is 5.32 Å². The van der Waals surface area contributed by atoms with Crippen molar-refractivity contribution in [3.8, 4) is 0 Å². The molecule has 0 heterocycles. The molecule has 0 saturated heterocycles. The second kappa shape index (κ2) is 9.39. The Morgan fingerprint density at radius 2 is 1.85 bits per heavy atom. The fourth-order valence-electron chi connectivity index (χ4n) is 2.16. The van der Waals surface area contributed by atoms with Crippen LogP contribution in [0, 0.1) is 6.92 Å². The monoisotopic (exact) mass is 408 g/mol. The summed E-state index contributed by atoms with van der Waals surface area (Å²) < 4.78 is 5.02. The predicted molar refractivity (Wildman–Crippen MR) is 104 cm³/mol. The highest BCUT2D eigenvalue weighted by molar-refractivity contribution is 6.35. The number of nitrogens with one attached hydrogen (secondary N) is 2. The van der Waals surface area contributed by atoms with Crippen LogP contribution in [0.2, 0.25) is 10.0 Å². The number of hydrogen-bond donors (Lipinski definition) is 2. The van der Waals surface area contributed by atoms with Crippen LogP contribution in [0.15, 0.2) is 42.5 Å². The van der Waals surface area contributed by atoms with E-state index in [0.717, 1.165) is 5.56 Å². The largest absolute Gasteiger partial charge is 0.451 e. The third kappa shape index (κ3) is 6.27. The number of carbonyl (C=O) groups is 3. The third-order valence-corrected chi connectivity index (χ3v) is 4.10. The Hall–Kier alpha value is -2.57. The smallest absolute Gasteiger partial charge is 0.326 e. The van der Waals surface area contributed by atoms with Gasteiger partial charge in [0.25, 0.3) is 11.8 Å². The average Bonchev–Trinajstić information content (AvgIpc) is 2.62. The number of anilines is 1. The molecule has 6 nitrogen and oxygen atoms in total. The van der Waals surface area contributed by atoms with Crippen LogP contribution in [0.4, 0.5) is 5.69 Å². The van der Waals surface area contributed by atoms with Gasteiger partial charge in [0.1, 0.15) is 6.54 Å². The summed E-state index contributed by atoms with van der Waals surface area (Å²) in [6.07, 6.45) is -1.08. The molecule has 0 aliphatic carbocycles. The first-order chi connectivity index (χ1) is 12.8. The fourth-order valence-corrected chi connectivity index (χ4v) is 2.50. The van der Waals surface area contributed by atoms with Gasteiger partial charge in [-0.05, 0) is 44.2 Å². The van der Waals surface area contributed by atoms with Crippen LogP contribution in [0.5, 0.6) is 0 Å². The zero-order valence-electron chi connectivity index (χ0n) is 14.7. The molecule has 2 rings (SSSR count). The van der Waals surface area contributed by atoms with Crippen LogP contribution in [0.25, 0.3) is 0 Å². The van der Waals surface area contributed by atoms with Crippen LogP contribution in [-0.4, -0.2) is 30.4 Å². The molecule has 1 unspecified atom stereocenters. The Morgan fingerprint density at radius 1 is 1.11 bits per heavy atom. The van der Waals surface area contributed by atoms with Gasteiger partial charge in [0.15, 0.2) is 6.10 Å². The summed E-state index contributed by atoms with van der Waals surface area (Å²) in [5, 5.41) is 5.69. The van der Waals surface area contributed by atoms with E-state index in [0.29, 0.717) is 21.3 Å². The average molecular weight is 409 g/mol. The van der Waals surface area contributed by atoms with E-state index in [1.54, 1.807) is 24.3 Å². The second-order valence-electron chi connectivity index (χ2n) is 5.80. The van der Waals surface area contributed by atoms with Crippen molar-refractivity contribution in [3.63, 3.8) is 0 Å². The topological polar surface area (TPSA) is 84.5 Å². The quantitative estimate of drug-likeness (QED) is 0.714. The Bertz CT molecular complexity index is 871. The van der Waals surface area contributed by atoms with E-state index in [9.17, 15) is 14.4 Å². The maximum atomic E-state index is 12.1. The number of hydrogen-bond acceptors (Lipinski definition) is 4. The van der Waals surface area contributed by atoms with Crippen molar-refractivity contribution >= 4 is 46.7 Å². The van der Waals surface area contributed by atoms with E-state index < -0.39 is 23.9 Å². The van der Waals surface area contributed by atoms with Gasteiger partial charge in [-0.25, -0.2) is 0 Å². The minimum absolute atomic E-state index is 0.302. The molecule has 8 heteroatoms. The Morgan fingerprint density at radius 3 is 2.56 bits per heavy atom. The van der Waals surface area contributed by atoms with Crippen LogP contribution in [0.1, 0.15) is 22.8 Å². The lowest BCUT2D eigenvalue weighted by molar-refractivity contribution is -0.152. The molecule has 142 valence electrons. The van der Waals surface area contributed by atoms with Gasteiger partial charge in [-0.15, -0.1) is 0 Å². The number of benzene rings is 2. The molecule has 0 aliphatic rings. The van der Waals surface area contributed by atoms with E-state index in [2.05, 4.69) is 10.6 Å². The van der Waals surface area contributed by atoms with Gasteiger partial charge in [-0.3, -0.25) is 14.4 Å². The van der Waals surface area contributed by atoms with E-state index in [-0.39, 0.29) is 6.54 Å². The first kappa shape index (κ1) is 20.7. The summed E-state index contributed by atoms with van der Waals surface area (Å²) in [6, 6.07) is 11.5. The molecule has 0 spiro atoms. The summed E-state index contributed by atoms with van der Waals surface area (Å²) in [5.74, 6) is -1.72. The highest BCUT2D eigenvalue weighted by Gasteiger charge is 2.19. The zero-order chi connectivity index (χ0) is 20.0. The first-order valence-corrected chi connectivity index (χ1v) is 8.82. The van der Waals surface area contributed by atoms with Gasteiger partial charge in [0.05, 0.1) is 10.7 Å². The molecule has 27 heavy (non-hydrogen) atoms. The highest BCUT2D eigenvalue weighted by Crippen LogP contribution is 2.25. The molecule has 0 radical (unpaired) electrons. The SMILES string of the molecule is Cc1cccc(C(=O)NCC(=O)OC(C)C(=O)Nc2cc(Cl)ccc2Cl)c1. The lowest BCUT2D eigenvalue weighted by atomic mass is 10.1. The molecule has 2 aromatic rings. The Balaban J connectivity index is 1.84. The first-order valence-electron chi connectivity index (χ1n) is 8.06. The summed E-state index contributed by atoms with van der Waals surface area (Å²) in [4.78, 5) is 36.0. The normalized spacial score (nSPS) is 11.4. The van der Waals surface area contributed by atoms with Crippen LogP contribution >= 0.6 is 23.2 Å². The van der Waals surface area contributed by atoms with Gasteiger partial charge in [0, 0.05) is 10.6 Å². The number of aryl methyl sites for hydroxylation is 1. The molecule has 2 N–H and O–H groups in total. The van der Waals surface area contributed by atoms with Crippen LogP contribution < -0.4 is 10.6 Å². The van der Waals surface area contributed by atoms with Crippen LogP contribution in [-0.2, 0) is 14.3 Å². The summed E-state index contributed by atoms with van der Waals surface area (Å²) in [5.41, 5.74) is 1.67. The maximum absolute atomic E-state index is 12.1. The van der Waals surface area contributed by atoms with Crippen molar-refractivity contribution in [3.05, 3.63) is 63.6 Å². The number of esters is 1. The lowest BCUT2D eigenvalue weighted by Crippen LogP contribution is -2.35. The summed E-state index contributed by atoms with van der Waals surface area (Å²) >= 11 is 11.8. The van der Waals surface area contributed by atoms with Crippen molar-refractivity contribution in [2.75, 3.05) is 11.9 Å². The molecule has 1 atom stereocenters. The van der Waals surface area contributed by atoms with Gasteiger partial charge in [0.2, 0.25) is 0 Å². The Labute approximate surface area is 166 Å². The van der Waals surface area contributed by atoms with Crippen molar-refractivity contribution in [2.24, 2.45) is 0 Å². The highest BCUT2D eigenvalue weighted by atomic mass is 35.5. The molecule has 2 amide bonds. The summed E-state index contributed by atoms with van der Waals surface area (Å²) in [7, 11) is 0. The molecular weight excluding hydrogens is 391 g/mol. The van der Waals surface area contributed by atoms with Crippen molar-refractivity contribution in [2.45, 2.75) is 20.0 Å². The number of carbonyl (C=O) groups excluding carboxylic acids is 3. The van der Waals surface area contributed by atoms with E-state index in [4.69, 9.17) is 27.9 Å². The number of amides is 2. The van der Waals surface area contributed by atoms with Gasteiger partial charge < -0.3 is 15.4 Å². The van der Waals surface area contributed by atoms with Crippen molar-refractivity contribution in [1.29, 1.82) is 0 Å². The van der Waals surface area contributed by atoms with E-state index in [1.165, 1.54) is 19.1 Å². The van der Waals surface area contributed by atoms with Gasteiger partial charge >= 0.3 is 5.97 Å². The van der Waals surface area contributed by atoms with E-state index >= 15 is 0 Å². The second-order valence-corrected chi connectivity index (χ2v) is 6.64. The molecule has 0 bridgehead atoms. The standard InChI is InChI=1S/C19H18Cl2N2O4/c1-11-4-3-5-13(8-11)19(26)22-10-17(24)27-12(2)18(25)23-16-9-14(20)6-7-15(16)21/h3-9,12H,10H2,1-2H3,(H,22,26)(H,23,25). The fraction of sp³-hybridized carbons (Fsp3) is 0.211. The molecule has 0 saturated carbocycles. The maximum Gasteiger partial charge on any atom is 0.326 e. The Kier molecular flexibility index (Phi) is 7.21. The molecule has 0 aromatic heterocycles. The minimum atomic E-state index is -1.08. The third-order valence-electron chi connectivity index (χ3n) is 3.54. The van der Waals surface area contributed by atoms with Gasteiger partial charge in [-0.2, -0.15) is 0 Å². The van der Waals surface area contributed by atoms with Gasteiger partial charge in [-0.1, -0.05) is 40.9 Å². The minimum Gasteiger partial charge on any atom is -0.451 e. The predicted octanol–water partition coefficient (Wildman–Crippen LogP) is 3.60. The number of ether oxygens (including phenoxy) is 1. The molecule has 2 aromatic carbocycles. The molecular formula is C19H18Cl2N2O4. The van der Waals surface area contributed by atoms with E-state index in [1.807, 2.05) is 13.0 Å².